The van der Waals surface area contributed by atoms with Crippen LogP contribution < -0.4 is 10.0 Å². The van der Waals surface area contributed by atoms with Crippen molar-refractivity contribution in [3.05, 3.63) is 28.5 Å². The maximum absolute atomic E-state index is 12.6. The lowest BCUT2D eigenvalue weighted by molar-refractivity contribution is -0.114. The molecule has 146 valence electrons. The van der Waals surface area contributed by atoms with Crippen LogP contribution in [0.2, 0.25) is 0 Å². The SMILES string of the molecule is CC(=O)Nc1c(C)noc1/C=C/c1ccc(S(=O)(=O)NC2CCCCC2)s1. The average molecular weight is 410 g/mol. The maximum Gasteiger partial charge on any atom is 0.250 e. The van der Waals surface area contributed by atoms with Gasteiger partial charge >= 0.3 is 0 Å². The first-order valence-corrected chi connectivity index (χ1v) is 11.2. The van der Waals surface area contributed by atoms with Gasteiger partial charge in [-0.1, -0.05) is 24.4 Å². The molecule has 2 N–H and O–H groups in total. The molecular formula is C18H23N3O4S2. The minimum atomic E-state index is -3.50. The highest BCUT2D eigenvalue weighted by atomic mass is 32.2. The van der Waals surface area contributed by atoms with Crippen LogP contribution >= 0.6 is 11.3 Å². The number of aryl methyl sites for hydroxylation is 1. The van der Waals surface area contributed by atoms with Crippen LogP contribution in [-0.4, -0.2) is 25.5 Å². The topological polar surface area (TPSA) is 101 Å². The minimum absolute atomic E-state index is 0.0298. The lowest BCUT2D eigenvalue weighted by Gasteiger charge is -2.22. The largest absolute Gasteiger partial charge is 0.354 e. The first-order valence-electron chi connectivity index (χ1n) is 8.89. The van der Waals surface area contributed by atoms with Crippen LogP contribution in [0, 0.1) is 6.92 Å². The number of sulfonamides is 1. The average Bonchev–Trinajstić information content (AvgIpc) is 3.22. The number of amides is 1. The molecule has 0 bridgehead atoms. The lowest BCUT2D eigenvalue weighted by atomic mass is 9.96. The van der Waals surface area contributed by atoms with Crippen molar-refractivity contribution in [2.75, 3.05) is 5.32 Å². The fourth-order valence-corrected chi connectivity index (χ4v) is 5.60. The molecule has 27 heavy (non-hydrogen) atoms. The van der Waals surface area contributed by atoms with E-state index in [9.17, 15) is 13.2 Å². The molecule has 7 nitrogen and oxygen atoms in total. The van der Waals surface area contributed by atoms with Crippen molar-refractivity contribution in [3.63, 3.8) is 0 Å². The molecule has 1 aliphatic carbocycles. The predicted octanol–water partition coefficient (Wildman–Crippen LogP) is 3.78. The number of nitrogens with one attached hydrogen (secondary N) is 2. The second-order valence-electron chi connectivity index (χ2n) is 6.63. The molecule has 1 fully saturated rings. The Morgan fingerprint density at radius 1 is 1.26 bits per heavy atom. The second-order valence-corrected chi connectivity index (χ2v) is 9.69. The number of carbonyl (C=O) groups is 1. The molecule has 3 rings (SSSR count). The molecule has 1 aliphatic rings. The molecule has 0 spiro atoms. The van der Waals surface area contributed by atoms with E-state index >= 15 is 0 Å². The normalized spacial score (nSPS) is 16.1. The molecule has 2 aromatic rings. The van der Waals surface area contributed by atoms with Crippen molar-refractivity contribution >= 4 is 45.1 Å². The Labute approximate surface area is 162 Å². The Hall–Kier alpha value is -1.97. The van der Waals surface area contributed by atoms with Crippen molar-refractivity contribution in [2.45, 2.75) is 56.2 Å². The number of carbonyl (C=O) groups excluding carboxylic acids is 1. The monoisotopic (exact) mass is 409 g/mol. The van der Waals surface area contributed by atoms with E-state index in [0.717, 1.165) is 30.6 Å². The zero-order chi connectivity index (χ0) is 19.4. The number of rotatable bonds is 6. The molecule has 0 aliphatic heterocycles. The summed E-state index contributed by atoms with van der Waals surface area (Å²) >= 11 is 1.19. The predicted molar refractivity (Wildman–Crippen MR) is 106 cm³/mol. The van der Waals surface area contributed by atoms with Gasteiger partial charge in [0, 0.05) is 17.8 Å². The lowest BCUT2D eigenvalue weighted by Crippen LogP contribution is -2.35. The third-order valence-corrected chi connectivity index (χ3v) is 7.45. The van der Waals surface area contributed by atoms with Gasteiger partial charge in [-0.15, -0.1) is 11.3 Å². The molecular weight excluding hydrogens is 386 g/mol. The van der Waals surface area contributed by atoms with Gasteiger partial charge in [0.15, 0.2) is 5.76 Å². The smallest absolute Gasteiger partial charge is 0.250 e. The molecule has 0 radical (unpaired) electrons. The molecule has 0 aromatic carbocycles. The summed E-state index contributed by atoms with van der Waals surface area (Å²) in [7, 11) is -3.50. The number of thiophene rings is 1. The number of hydrogen-bond donors (Lipinski definition) is 2. The van der Waals surface area contributed by atoms with E-state index in [0.29, 0.717) is 21.4 Å². The van der Waals surface area contributed by atoms with Gasteiger partial charge in [-0.25, -0.2) is 13.1 Å². The summed E-state index contributed by atoms with van der Waals surface area (Å²) in [6.45, 7) is 3.15. The minimum Gasteiger partial charge on any atom is -0.354 e. The zero-order valence-corrected chi connectivity index (χ0v) is 17.0. The number of nitrogens with zero attached hydrogens (tertiary/aromatic N) is 1. The Kier molecular flexibility index (Phi) is 6.13. The van der Waals surface area contributed by atoms with E-state index < -0.39 is 10.0 Å². The molecule has 0 atom stereocenters. The van der Waals surface area contributed by atoms with Gasteiger partial charge in [0.05, 0.1) is 0 Å². The Morgan fingerprint density at radius 2 is 2.00 bits per heavy atom. The van der Waals surface area contributed by atoms with Crippen LogP contribution in [-0.2, 0) is 14.8 Å². The number of hydrogen-bond acceptors (Lipinski definition) is 6. The Bertz CT molecular complexity index is 938. The summed E-state index contributed by atoms with van der Waals surface area (Å²) in [5.41, 5.74) is 1.10. The van der Waals surface area contributed by atoms with Crippen LogP contribution in [0.4, 0.5) is 5.69 Å². The highest BCUT2D eigenvalue weighted by molar-refractivity contribution is 7.91. The Balaban J connectivity index is 1.72. The van der Waals surface area contributed by atoms with Gasteiger partial charge in [-0.2, -0.15) is 0 Å². The van der Waals surface area contributed by atoms with Gasteiger partial charge in [-0.3, -0.25) is 4.79 Å². The summed E-state index contributed by atoms with van der Waals surface area (Å²) in [5, 5.41) is 6.53. The molecule has 0 unspecified atom stereocenters. The van der Waals surface area contributed by atoms with Crippen molar-refractivity contribution < 1.29 is 17.7 Å². The van der Waals surface area contributed by atoms with Crippen LogP contribution in [0.5, 0.6) is 0 Å². The summed E-state index contributed by atoms with van der Waals surface area (Å²) in [6.07, 6.45) is 8.52. The third kappa shape index (κ3) is 5.06. The van der Waals surface area contributed by atoms with E-state index in [4.69, 9.17) is 4.52 Å². The number of aromatic nitrogens is 1. The highest BCUT2D eigenvalue weighted by Crippen LogP contribution is 2.27. The molecule has 2 heterocycles. The van der Waals surface area contributed by atoms with Crippen LogP contribution in [0.1, 0.15) is 55.4 Å². The quantitative estimate of drug-likeness (QED) is 0.756. The van der Waals surface area contributed by atoms with Crippen LogP contribution in [0.3, 0.4) is 0 Å². The van der Waals surface area contributed by atoms with Crippen molar-refractivity contribution in [1.82, 2.24) is 9.88 Å². The van der Waals surface area contributed by atoms with E-state index in [1.54, 1.807) is 31.2 Å². The molecule has 9 heteroatoms. The van der Waals surface area contributed by atoms with Gasteiger partial charge in [0.1, 0.15) is 15.6 Å². The molecule has 2 aromatic heterocycles. The first kappa shape index (κ1) is 19.8. The van der Waals surface area contributed by atoms with Crippen molar-refractivity contribution in [3.8, 4) is 0 Å². The Morgan fingerprint density at radius 3 is 2.70 bits per heavy atom. The van der Waals surface area contributed by atoms with Crippen molar-refractivity contribution in [2.24, 2.45) is 0 Å². The fourth-order valence-electron chi connectivity index (χ4n) is 3.05. The van der Waals surface area contributed by atoms with Gasteiger partial charge in [-0.05, 0) is 44.1 Å². The standard InChI is InChI=1S/C18H23N3O4S2/c1-12-18(19-13(2)22)16(25-20-12)10-8-15-9-11-17(26-15)27(23,24)21-14-6-4-3-5-7-14/h8-11,14,21H,3-7H2,1-2H3,(H,19,22)/b10-8+. The van der Waals surface area contributed by atoms with Crippen molar-refractivity contribution in [1.29, 1.82) is 0 Å². The highest BCUT2D eigenvalue weighted by Gasteiger charge is 2.23. The summed E-state index contributed by atoms with van der Waals surface area (Å²) in [6, 6.07) is 3.38. The van der Waals surface area contributed by atoms with E-state index in [-0.39, 0.29) is 11.9 Å². The zero-order valence-electron chi connectivity index (χ0n) is 15.3. The van der Waals surface area contributed by atoms with Crippen LogP contribution in [0.15, 0.2) is 20.9 Å². The van der Waals surface area contributed by atoms with E-state index in [2.05, 4.69) is 15.2 Å². The van der Waals surface area contributed by atoms with E-state index in [1.807, 2.05) is 0 Å². The summed E-state index contributed by atoms with van der Waals surface area (Å²) in [5.74, 6) is 0.204. The molecule has 1 amide bonds. The second kappa shape index (κ2) is 8.37. The third-order valence-electron chi connectivity index (χ3n) is 4.38. The van der Waals surface area contributed by atoms with Gasteiger partial charge in [0.2, 0.25) is 15.9 Å². The molecule has 0 saturated heterocycles. The first-order chi connectivity index (χ1) is 12.8. The van der Waals surface area contributed by atoms with Gasteiger partial charge in [0.25, 0.3) is 0 Å². The van der Waals surface area contributed by atoms with E-state index in [1.165, 1.54) is 24.7 Å². The van der Waals surface area contributed by atoms with Gasteiger partial charge < -0.3 is 9.84 Å². The molecule has 1 saturated carbocycles. The van der Waals surface area contributed by atoms with Crippen LogP contribution in [0.25, 0.3) is 12.2 Å². The summed E-state index contributed by atoms with van der Waals surface area (Å²) < 4.78 is 33.5. The maximum atomic E-state index is 12.6. The summed E-state index contributed by atoms with van der Waals surface area (Å²) in [4.78, 5) is 12.1. The number of anilines is 1. The fraction of sp³-hybridized carbons (Fsp3) is 0.444.